The average Bonchev–Trinajstić information content (AvgIpc) is 2.84. The van der Waals surface area contributed by atoms with E-state index in [0.717, 1.165) is 18.5 Å². The molecule has 0 amide bonds. The number of hydrogen-bond acceptors (Lipinski definition) is 5. The summed E-state index contributed by atoms with van der Waals surface area (Å²) in [5.41, 5.74) is 7.77. The van der Waals surface area contributed by atoms with Crippen LogP contribution in [0, 0.1) is 10.1 Å². The second-order valence-corrected chi connectivity index (χ2v) is 3.92. The number of nitrogens with two attached hydrogens (primary N) is 1. The lowest BCUT2D eigenvalue weighted by atomic mass is 10.1. The summed E-state index contributed by atoms with van der Waals surface area (Å²) in [5.74, 6) is 0. The Kier molecular flexibility index (Phi) is 3.52. The average molecular weight is 247 g/mol. The minimum absolute atomic E-state index is 0.0789. The molecule has 0 saturated carbocycles. The van der Waals surface area contributed by atoms with E-state index in [4.69, 9.17) is 5.73 Å². The number of aromatic amines is 1. The maximum atomic E-state index is 10.5. The van der Waals surface area contributed by atoms with Crippen molar-refractivity contribution in [1.82, 2.24) is 15.0 Å². The molecule has 0 aliphatic carbocycles. The van der Waals surface area contributed by atoms with Gasteiger partial charge >= 0.3 is 0 Å². The summed E-state index contributed by atoms with van der Waals surface area (Å²) in [6.07, 6.45) is 7.03. The van der Waals surface area contributed by atoms with Crippen molar-refractivity contribution in [3.05, 3.63) is 46.3 Å². The Balaban J connectivity index is 1.95. The van der Waals surface area contributed by atoms with Crippen LogP contribution in [-0.2, 0) is 12.8 Å². The predicted molar refractivity (Wildman–Crippen MR) is 65.9 cm³/mol. The van der Waals surface area contributed by atoms with Gasteiger partial charge in [-0.05, 0) is 19.3 Å². The van der Waals surface area contributed by atoms with Crippen molar-refractivity contribution >= 4 is 11.4 Å². The van der Waals surface area contributed by atoms with Crippen molar-refractivity contribution in [3.8, 4) is 0 Å². The van der Waals surface area contributed by atoms with Crippen molar-refractivity contribution < 1.29 is 4.92 Å². The number of nitrogens with zero attached hydrogens (tertiary/aromatic N) is 3. The molecule has 2 rings (SSSR count). The molecular formula is C11H13N5O2. The van der Waals surface area contributed by atoms with Gasteiger partial charge in [-0.1, -0.05) is 0 Å². The van der Waals surface area contributed by atoms with Gasteiger partial charge in [-0.2, -0.15) is 0 Å². The van der Waals surface area contributed by atoms with Gasteiger partial charge in [0.05, 0.1) is 22.6 Å². The summed E-state index contributed by atoms with van der Waals surface area (Å²) in [4.78, 5) is 21.0. The van der Waals surface area contributed by atoms with Gasteiger partial charge in [0.2, 0.25) is 0 Å². The molecule has 2 heterocycles. The number of nitrogens with one attached hydrogen (secondary N) is 1. The molecule has 0 fully saturated rings. The number of imidazole rings is 1. The number of pyridine rings is 1. The first-order valence-corrected chi connectivity index (χ1v) is 5.53. The van der Waals surface area contributed by atoms with E-state index in [2.05, 4.69) is 15.0 Å². The quantitative estimate of drug-likeness (QED) is 0.614. The summed E-state index contributed by atoms with van der Waals surface area (Å²) < 4.78 is 0. The molecule has 18 heavy (non-hydrogen) atoms. The number of anilines is 1. The van der Waals surface area contributed by atoms with Crippen LogP contribution in [0.1, 0.15) is 17.8 Å². The van der Waals surface area contributed by atoms with Gasteiger partial charge in [-0.3, -0.25) is 15.1 Å². The maximum absolute atomic E-state index is 10.5. The van der Waals surface area contributed by atoms with Crippen molar-refractivity contribution in [1.29, 1.82) is 0 Å². The number of rotatable bonds is 5. The van der Waals surface area contributed by atoms with Crippen molar-refractivity contribution in [2.45, 2.75) is 19.3 Å². The largest absolute Gasteiger partial charge is 0.397 e. The third-order valence-electron chi connectivity index (χ3n) is 2.61. The van der Waals surface area contributed by atoms with Crippen LogP contribution in [-0.4, -0.2) is 19.9 Å². The molecule has 7 heteroatoms. The number of nitrogen functional groups attached to an aromatic ring is 1. The van der Waals surface area contributed by atoms with Gasteiger partial charge < -0.3 is 10.7 Å². The van der Waals surface area contributed by atoms with Crippen LogP contribution >= 0.6 is 0 Å². The Bertz CT molecular complexity index is 538. The molecule has 0 aromatic carbocycles. The van der Waals surface area contributed by atoms with Gasteiger partial charge in [0.25, 0.3) is 5.69 Å². The Morgan fingerprint density at radius 2 is 2.22 bits per heavy atom. The molecule has 0 saturated heterocycles. The number of aryl methyl sites for hydroxylation is 2. The Hall–Kier alpha value is -2.44. The summed E-state index contributed by atoms with van der Waals surface area (Å²) >= 11 is 0. The molecule has 2 aromatic rings. The number of nitro groups is 1. The Labute approximate surface area is 103 Å². The zero-order valence-electron chi connectivity index (χ0n) is 9.67. The van der Waals surface area contributed by atoms with Crippen molar-refractivity contribution in [2.75, 3.05) is 5.73 Å². The van der Waals surface area contributed by atoms with Crippen LogP contribution in [0.3, 0.4) is 0 Å². The summed E-state index contributed by atoms with van der Waals surface area (Å²) in [6, 6.07) is 1.35. The van der Waals surface area contributed by atoms with Crippen LogP contribution in [0.15, 0.2) is 24.8 Å². The molecule has 2 aromatic heterocycles. The fourth-order valence-electron chi connectivity index (χ4n) is 1.67. The SMILES string of the molecule is Nc1cc([N+](=O)[O-])cnc1CCCc1cnc[nH]1. The van der Waals surface area contributed by atoms with Gasteiger partial charge in [0.15, 0.2) is 0 Å². The molecule has 3 N–H and O–H groups in total. The van der Waals surface area contributed by atoms with Crippen LogP contribution in [0.2, 0.25) is 0 Å². The summed E-state index contributed by atoms with van der Waals surface area (Å²) in [5, 5.41) is 10.5. The molecule has 0 aliphatic rings. The summed E-state index contributed by atoms with van der Waals surface area (Å²) in [7, 11) is 0. The zero-order chi connectivity index (χ0) is 13.0. The van der Waals surface area contributed by atoms with Crippen LogP contribution in [0.5, 0.6) is 0 Å². The lowest BCUT2D eigenvalue weighted by Gasteiger charge is -2.03. The van der Waals surface area contributed by atoms with Gasteiger partial charge in [0, 0.05) is 18.0 Å². The normalized spacial score (nSPS) is 10.4. The molecule has 0 spiro atoms. The summed E-state index contributed by atoms with van der Waals surface area (Å²) in [6.45, 7) is 0. The molecule has 0 bridgehead atoms. The van der Waals surface area contributed by atoms with Crippen molar-refractivity contribution in [2.24, 2.45) is 0 Å². The topological polar surface area (TPSA) is 111 Å². The maximum Gasteiger partial charge on any atom is 0.289 e. The highest BCUT2D eigenvalue weighted by atomic mass is 16.6. The van der Waals surface area contributed by atoms with E-state index < -0.39 is 4.92 Å². The highest BCUT2D eigenvalue weighted by Crippen LogP contribution is 2.18. The van der Waals surface area contributed by atoms with E-state index in [1.165, 1.54) is 12.3 Å². The third-order valence-corrected chi connectivity index (χ3v) is 2.61. The monoisotopic (exact) mass is 247 g/mol. The second-order valence-electron chi connectivity index (χ2n) is 3.92. The van der Waals surface area contributed by atoms with Gasteiger partial charge in [0.1, 0.15) is 6.20 Å². The lowest BCUT2D eigenvalue weighted by molar-refractivity contribution is -0.385. The van der Waals surface area contributed by atoms with Gasteiger partial charge in [-0.25, -0.2) is 4.98 Å². The standard InChI is InChI=1S/C11H13N5O2/c12-10-4-9(16(17)18)6-14-11(10)3-1-2-8-5-13-7-15-8/h4-7H,1-3,12H2,(H,13,15). The fourth-order valence-corrected chi connectivity index (χ4v) is 1.67. The highest BCUT2D eigenvalue weighted by Gasteiger charge is 2.09. The number of aromatic nitrogens is 3. The van der Waals surface area contributed by atoms with E-state index >= 15 is 0 Å². The first-order valence-electron chi connectivity index (χ1n) is 5.53. The smallest absolute Gasteiger partial charge is 0.289 e. The first-order chi connectivity index (χ1) is 8.66. The van der Waals surface area contributed by atoms with E-state index in [-0.39, 0.29) is 5.69 Å². The molecular weight excluding hydrogens is 234 g/mol. The minimum atomic E-state index is -0.502. The highest BCUT2D eigenvalue weighted by molar-refractivity contribution is 5.49. The Morgan fingerprint density at radius 3 is 2.83 bits per heavy atom. The van der Waals surface area contributed by atoms with E-state index in [9.17, 15) is 10.1 Å². The van der Waals surface area contributed by atoms with Gasteiger partial charge in [-0.15, -0.1) is 0 Å². The predicted octanol–water partition coefficient (Wildman–Crippen LogP) is 1.47. The zero-order valence-corrected chi connectivity index (χ0v) is 9.67. The molecule has 0 aliphatic heterocycles. The molecule has 0 radical (unpaired) electrons. The number of H-pyrrole nitrogens is 1. The molecule has 0 atom stereocenters. The molecule has 7 nitrogen and oxygen atoms in total. The van der Waals surface area contributed by atoms with E-state index in [1.807, 2.05) is 0 Å². The minimum Gasteiger partial charge on any atom is -0.397 e. The van der Waals surface area contributed by atoms with Crippen LogP contribution < -0.4 is 5.73 Å². The van der Waals surface area contributed by atoms with E-state index in [0.29, 0.717) is 17.8 Å². The first kappa shape index (κ1) is 12.0. The molecule has 0 unspecified atom stereocenters. The second kappa shape index (κ2) is 5.26. The third kappa shape index (κ3) is 2.82. The number of hydrogen-bond donors (Lipinski definition) is 2. The molecule has 94 valence electrons. The van der Waals surface area contributed by atoms with E-state index in [1.54, 1.807) is 12.5 Å². The van der Waals surface area contributed by atoms with Crippen molar-refractivity contribution in [3.63, 3.8) is 0 Å². The lowest BCUT2D eigenvalue weighted by Crippen LogP contribution is -2.01. The van der Waals surface area contributed by atoms with Crippen LogP contribution in [0.25, 0.3) is 0 Å². The fraction of sp³-hybridized carbons (Fsp3) is 0.273. The Morgan fingerprint density at radius 1 is 1.39 bits per heavy atom. The van der Waals surface area contributed by atoms with Crippen LogP contribution in [0.4, 0.5) is 11.4 Å².